The Morgan fingerprint density at radius 2 is 1.66 bits per heavy atom. The molecule has 1 amide bonds. The van der Waals surface area contributed by atoms with Gasteiger partial charge in [-0.2, -0.15) is 0 Å². The summed E-state index contributed by atoms with van der Waals surface area (Å²) in [4.78, 5) is 27.7. The highest BCUT2D eigenvalue weighted by molar-refractivity contribution is 5.98. The Labute approximate surface area is 168 Å². The zero-order valence-corrected chi connectivity index (χ0v) is 16.1. The SMILES string of the molecule is O=C(c1cc(F)ccc1F)C1CCN(C(C(=O)NC2CC2)c2ccccc2)CC1. The van der Waals surface area contributed by atoms with Crippen molar-refractivity contribution >= 4 is 11.7 Å². The lowest BCUT2D eigenvalue weighted by Crippen LogP contribution is -2.45. The van der Waals surface area contributed by atoms with E-state index in [1.54, 1.807) is 0 Å². The zero-order valence-electron chi connectivity index (χ0n) is 16.1. The van der Waals surface area contributed by atoms with Gasteiger partial charge < -0.3 is 5.32 Å². The molecule has 2 fully saturated rings. The van der Waals surface area contributed by atoms with Crippen LogP contribution >= 0.6 is 0 Å². The minimum Gasteiger partial charge on any atom is -0.352 e. The predicted molar refractivity (Wildman–Crippen MR) is 105 cm³/mol. The lowest BCUT2D eigenvalue weighted by Gasteiger charge is -2.36. The number of nitrogens with one attached hydrogen (secondary N) is 1. The van der Waals surface area contributed by atoms with Crippen LogP contribution in [0.4, 0.5) is 8.78 Å². The average Bonchev–Trinajstić information content (AvgIpc) is 3.55. The van der Waals surface area contributed by atoms with Gasteiger partial charge >= 0.3 is 0 Å². The van der Waals surface area contributed by atoms with Crippen molar-refractivity contribution in [2.45, 2.75) is 37.8 Å². The number of nitrogens with zero attached hydrogens (tertiary/aromatic N) is 1. The van der Waals surface area contributed by atoms with Crippen molar-refractivity contribution in [1.29, 1.82) is 0 Å². The second-order valence-electron chi connectivity index (χ2n) is 7.89. The largest absolute Gasteiger partial charge is 0.352 e. The van der Waals surface area contributed by atoms with Crippen LogP contribution in [0.3, 0.4) is 0 Å². The molecule has 6 heteroatoms. The quantitative estimate of drug-likeness (QED) is 0.752. The van der Waals surface area contributed by atoms with Crippen molar-refractivity contribution in [2.75, 3.05) is 13.1 Å². The lowest BCUT2D eigenvalue weighted by atomic mass is 9.87. The van der Waals surface area contributed by atoms with Gasteiger partial charge in [-0.05, 0) is 62.5 Å². The van der Waals surface area contributed by atoms with Crippen LogP contribution in [0.1, 0.15) is 47.6 Å². The number of amides is 1. The van der Waals surface area contributed by atoms with E-state index in [0.29, 0.717) is 25.9 Å². The number of halogens is 2. The molecule has 1 atom stereocenters. The summed E-state index contributed by atoms with van der Waals surface area (Å²) in [6.07, 6.45) is 3.05. The Hall–Kier alpha value is -2.60. The number of piperidine rings is 1. The molecule has 1 N–H and O–H groups in total. The standard InChI is InChI=1S/C23H24F2N2O2/c24-17-6-9-20(25)19(14-17)22(28)16-10-12-27(13-11-16)21(15-4-2-1-3-5-15)23(29)26-18-7-8-18/h1-6,9,14,16,18,21H,7-8,10-13H2,(H,26,29). The lowest BCUT2D eigenvalue weighted by molar-refractivity contribution is -0.127. The van der Waals surface area contributed by atoms with Gasteiger partial charge in [0.05, 0.1) is 5.56 Å². The first-order valence-corrected chi connectivity index (χ1v) is 10.1. The smallest absolute Gasteiger partial charge is 0.242 e. The van der Waals surface area contributed by atoms with E-state index >= 15 is 0 Å². The van der Waals surface area contributed by atoms with Gasteiger partial charge in [-0.15, -0.1) is 0 Å². The van der Waals surface area contributed by atoms with Gasteiger partial charge in [-0.3, -0.25) is 14.5 Å². The Kier molecular flexibility index (Phi) is 5.72. The molecule has 152 valence electrons. The van der Waals surface area contributed by atoms with Gasteiger partial charge in [0.2, 0.25) is 5.91 Å². The van der Waals surface area contributed by atoms with Crippen LogP contribution in [-0.4, -0.2) is 35.7 Å². The Bertz CT molecular complexity index is 891. The van der Waals surface area contributed by atoms with Crippen molar-refractivity contribution in [3.05, 3.63) is 71.3 Å². The second-order valence-corrected chi connectivity index (χ2v) is 7.89. The summed E-state index contributed by atoms with van der Waals surface area (Å²) in [5, 5.41) is 3.08. The fourth-order valence-corrected chi connectivity index (χ4v) is 4.00. The molecular formula is C23H24F2N2O2. The first-order chi connectivity index (χ1) is 14.0. The molecular weight excluding hydrogens is 374 g/mol. The Balaban J connectivity index is 1.46. The summed E-state index contributed by atoms with van der Waals surface area (Å²) in [7, 11) is 0. The van der Waals surface area contributed by atoms with Crippen LogP contribution in [0.15, 0.2) is 48.5 Å². The number of likely N-dealkylation sites (tertiary alicyclic amines) is 1. The monoisotopic (exact) mass is 398 g/mol. The first kappa shape index (κ1) is 19.7. The second kappa shape index (κ2) is 8.41. The normalized spacial score (nSPS) is 19.0. The first-order valence-electron chi connectivity index (χ1n) is 10.1. The highest BCUT2D eigenvalue weighted by Gasteiger charge is 2.35. The van der Waals surface area contributed by atoms with Crippen molar-refractivity contribution in [1.82, 2.24) is 10.2 Å². The van der Waals surface area contributed by atoms with E-state index in [1.807, 2.05) is 30.3 Å². The van der Waals surface area contributed by atoms with Crippen molar-refractivity contribution in [2.24, 2.45) is 5.92 Å². The summed E-state index contributed by atoms with van der Waals surface area (Å²) in [6.45, 7) is 1.09. The van der Waals surface area contributed by atoms with Crippen LogP contribution in [0.5, 0.6) is 0 Å². The molecule has 1 unspecified atom stereocenters. The van der Waals surface area contributed by atoms with Crippen molar-refractivity contribution in [3.8, 4) is 0 Å². The molecule has 0 radical (unpaired) electrons. The molecule has 0 spiro atoms. The summed E-state index contributed by atoms with van der Waals surface area (Å²) < 4.78 is 27.4. The molecule has 1 saturated carbocycles. The summed E-state index contributed by atoms with van der Waals surface area (Å²) in [6, 6.07) is 12.5. The number of carbonyl (C=O) groups excluding carboxylic acids is 2. The fourth-order valence-electron chi connectivity index (χ4n) is 4.00. The minimum absolute atomic E-state index is 0.0142. The zero-order chi connectivity index (χ0) is 20.4. The van der Waals surface area contributed by atoms with Gasteiger partial charge in [0.25, 0.3) is 0 Å². The van der Waals surface area contributed by atoms with Crippen LogP contribution in [0.2, 0.25) is 0 Å². The number of Topliss-reactive ketones (excluding diaryl/α,β-unsaturated/α-hetero) is 1. The molecule has 1 heterocycles. The minimum atomic E-state index is -0.690. The Morgan fingerprint density at radius 3 is 2.31 bits per heavy atom. The van der Waals surface area contributed by atoms with Crippen LogP contribution in [-0.2, 0) is 4.79 Å². The number of benzene rings is 2. The molecule has 29 heavy (non-hydrogen) atoms. The van der Waals surface area contributed by atoms with Crippen molar-refractivity contribution in [3.63, 3.8) is 0 Å². The van der Waals surface area contributed by atoms with Crippen LogP contribution in [0, 0.1) is 17.6 Å². The third-order valence-electron chi connectivity index (χ3n) is 5.75. The molecule has 4 nitrogen and oxygen atoms in total. The maximum atomic E-state index is 14.0. The maximum absolute atomic E-state index is 14.0. The number of hydrogen-bond acceptors (Lipinski definition) is 3. The van der Waals surface area contributed by atoms with Gasteiger partial charge in [-0.25, -0.2) is 8.78 Å². The van der Waals surface area contributed by atoms with Gasteiger partial charge in [0, 0.05) is 12.0 Å². The predicted octanol–water partition coefficient (Wildman–Crippen LogP) is 3.88. The number of rotatable bonds is 6. The topological polar surface area (TPSA) is 49.4 Å². The summed E-state index contributed by atoms with van der Waals surface area (Å²) in [5.41, 5.74) is 0.737. The number of carbonyl (C=O) groups is 2. The van der Waals surface area contributed by atoms with Crippen LogP contribution < -0.4 is 5.32 Å². The molecule has 2 aromatic rings. The highest BCUT2D eigenvalue weighted by atomic mass is 19.1. The molecule has 1 saturated heterocycles. The third-order valence-corrected chi connectivity index (χ3v) is 5.75. The molecule has 1 aliphatic heterocycles. The average molecular weight is 398 g/mol. The van der Waals surface area contributed by atoms with E-state index in [1.165, 1.54) is 0 Å². The number of hydrogen-bond donors (Lipinski definition) is 1. The maximum Gasteiger partial charge on any atom is 0.242 e. The number of ketones is 1. The van der Waals surface area contributed by atoms with E-state index < -0.39 is 17.7 Å². The Morgan fingerprint density at radius 1 is 0.966 bits per heavy atom. The molecule has 1 aliphatic carbocycles. The van der Waals surface area contributed by atoms with E-state index in [-0.39, 0.29) is 29.2 Å². The van der Waals surface area contributed by atoms with Gasteiger partial charge in [0.15, 0.2) is 5.78 Å². The molecule has 2 aliphatic rings. The van der Waals surface area contributed by atoms with E-state index in [2.05, 4.69) is 10.2 Å². The van der Waals surface area contributed by atoms with Crippen molar-refractivity contribution < 1.29 is 18.4 Å². The third kappa shape index (κ3) is 4.53. The molecule has 0 bridgehead atoms. The van der Waals surface area contributed by atoms with Crippen LogP contribution in [0.25, 0.3) is 0 Å². The molecule has 2 aromatic carbocycles. The molecule has 0 aromatic heterocycles. The summed E-state index contributed by atoms with van der Waals surface area (Å²) in [5.74, 6) is -2.05. The highest BCUT2D eigenvalue weighted by Crippen LogP contribution is 2.30. The van der Waals surface area contributed by atoms with E-state index in [4.69, 9.17) is 0 Å². The fraction of sp³-hybridized carbons (Fsp3) is 0.391. The van der Waals surface area contributed by atoms with Gasteiger partial charge in [0.1, 0.15) is 17.7 Å². The van der Waals surface area contributed by atoms with E-state index in [9.17, 15) is 18.4 Å². The van der Waals surface area contributed by atoms with Gasteiger partial charge in [-0.1, -0.05) is 30.3 Å². The molecule has 4 rings (SSSR count). The van der Waals surface area contributed by atoms with E-state index in [0.717, 1.165) is 36.6 Å². The summed E-state index contributed by atoms with van der Waals surface area (Å²) >= 11 is 0.